The molecule has 3 aromatic rings. The van der Waals surface area contributed by atoms with E-state index in [4.69, 9.17) is 9.73 Å². The number of hydrogen-bond donors (Lipinski definition) is 1. The van der Waals surface area contributed by atoms with Crippen molar-refractivity contribution < 1.29 is 4.74 Å². The molecule has 2 unspecified atom stereocenters. The number of aliphatic imine (C=N–C) groups is 1. The normalized spacial score (nSPS) is 24.1. The van der Waals surface area contributed by atoms with Gasteiger partial charge in [0.15, 0.2) is 0 Å². The largest absolute Gasteiger partial charge is 0.486 e. The Hall–Kier alpha value is -3.07. The molecule has 0 fully saturated rings. The van der Waals surface area contributed by atoms with Gasteiger partial charge in [-0.3, -0.25) is 4.99 Å². The van der Waals surface area contributed by atoms with Crippen molar-refractivity contribution in [2.24, 2.45) is 4.99 Å². The molecule has 0 amide bonds. The van der Waals surface area contributed by atoms with E-state index in [1.165, 1.54) is 11.1 Å². The molecule has 3 heteroatoms. The Kier molecular flexibility index (Phi) is 4.44. The zero-order chi connectivity index (χ0) is 18.7. The Bertz CT molecular complexity index is 924. The Morgan fingerprint density at radius 2 is 1.26 bits per heavy atom. The molecule has 1 heterocycles. The van der Waals surface area contributed by atoms with Gasteiger partial charge in [0, 0.05) is 0 Å². The fraction of sp³-hybridized carbons (Fsp3) is 0.208. The molecule has 0 saturated carbocycles. The first-order valence-corrected chi connectivity index (χ1v) is 9.28. The number of benzene rings is 3. The van der Waals surface area contributed by atoms with Crippen molar-refractivity contribution in [2.75, 3.05) is 6.61 Å². The molecular formula is C24H24N2O. The summed E-state index contributed by atoms with van der Waals surface area (Å²) < 4.78 is 5.96. The highest BCUT2D eigenvalue weighted by atomic mass is 16.5. The fourth-order valence-electron chi connectivity index (χ4n) is 3.80. The standard InChI is InChI=1S/C24H24N2O/c1-23(19-12-6-3-7-13-19)24(2,20-14-8-4-9-15-20)26-22(25-23)18-27-21-16-10-5-11-17-21/h3-17H,18H2,1-2H3,(H,25,26). The van der Waals surface area contributed by atoms with Crippen LogP contribution in [0.15, 0.2) is 96.0 Å². The van der Waals surface area contributed by atoms with Gasteiger partial charge in [0.05, 0.1) is 5.54 Å². The van der Waals surface area contributed by atoms with Crippen molar-refractivity contribution in [3.8, 4) is 5.75 Å². The van der Waals surface area contributed by atoms with Gasteiger partial charge in [-0.2, -0.15) is 0 Å². The van der Waals surface area contributed by atoms with E-state index in [2.05, 4.69) is 67.7 Å². The van der Waals surface area contributed by atoms with E-state index in [0.29, 0.717) is 6.61 Å². The molecule has 0 radical (unpaired) electrons. The number of nitrogens with one attached hydrogen (secondary N) is 1. The van der Waals surface area contributed by atoms with Crippen LogP contribution in [-0.4, -0.2) is 12.4 Å². The monoisotopic (exact) mass is 356 g/mol. The third kappa shape index (κ3) is 3.10. The van der Waals surface area contributed by atoms with E-state index in [1.807, 2.05) is 42.5 Å². The third-order valence-electron chi connectivity index (χ3n) is 5.53. The number of amidine groups is 1. The van der Waals surface area contributed by atoms with Crippen LogP contribution in [0.4, 0.5) is 0 Å². The highest BCUT2D eigenvalue weighted by molar-refractivity contribution is 5.88. The predicted molar refractivity (Wildman–Crippen MR) is 110 cm³/mol. The van der Waals surface area contributed by atoms with Crippen LogP contribution >= 0.6 is 0 Å². The second kappa shape index (κ2) is 6.92. The van der Waals surface area contributed by atoms with Crippen molar-refractivity contribution in [2.45, 2.75) is 24.9 Å². The quantitative estimate of drug-likeness (QED) is 0.705. The van der Waals surface area contributed by atoms with Crippen molar-refractivity contribution in [3.05, 3.63) is 102 Å². The van der Waals surface area contributed by atoms with E-state index >= 15 is 0 Å². The van der Waals surface area contributed by atoms with Crippen LogP contribution in [0.1, 0.15) is 25.0 Å². The zero-order valence-electron chi connectivity index (χ0n) is 15.7. The zero-order valence-corrected chi connectivity index (χ0v) is 15.7. The molecule has 27 heavy (non-hydrogen) atoms. The maximum atomic E-state index is 5.96. The van der Waals surface area contributed by atoms with Crippen molar-refractivity contribution in [1.82, 2.24) is 5.32 Å². The van der Waals surface area contributed by atoms with Crippen LogP contribution in [0, 0.1) is 0 Å². The van der Waals surface area contributed by atoms with Gasteiger partial charge in [-0.15, -0.1) is 0 Å². The van der Waals surface area contributed by atoms with Crippen LogP contribution in [0.2, 0.25) is 0 Å². The first-order valence-electron chi connectivity index (χ1n) is 9.28. The molecule has 3 aromatic carbocycles. The molecule has 1 aliphatic rings. The first kappa shape index (κ1) is 17.3. The molecule has 2 atom stereocenters. The summed E-state index contributed by atoms with van der Waals surface area (Å²) in [5.41, 5.74) is 1.57. The third-order valence-corrected chi connectivity index (χ3v) is 5.53. The summed E-state index contributed by atoms with van der Waals surface area (Å²) in [5.74, 6) is 1.70. The minimum atomic E-state index is -0.439. The molecule has 0 saturated heterocycles. The summed E-state index contributed by atoms with van der Waals surface area (Å²) in [6.07, 6.45) is 0. The van der Waals surface area contributed by atoms with Gasteiger partial charge >= 0.3 is 0 Å². The van der Waals surface area contributed by atoms with Gasteiger partial charge in [0.25, 0.3) is 0 Å². The molecule has 0 aromatic heterocycles. The predicted octanol–water partition coefficient (Wildman–Crippen LogP) is 4.90. The average molecular weight is 356 g/mol. The lowest BCUT2D eigenvalue weighted by molar-refractivity contribution is 0.267. The summed E-state index contributed by atoms with van der Waals surface area (Å²) in [7, 11) is 0. The van der Waals surface area contributed by atoms with Crippen LogP contribution in [0.25, 0.3) is 0 Å². The topological polar surface area (TPSA) is 33.6 Å². The van der Waals surface area contributed by atoms with Crippen molar-refractivity contribution >= 4 is 5.84 Å². The van der Waals surface area contributed by atoms with Gasteiger partial charge in [-0.1, -0.05) is 78.9 Å². The highest BCUT2D eigenvalue weighted by Crippen LogP contribution is 2.46. The van der Waals surface area contributed by atoms with Gasteiger partial charge in [0.2, 0.25) is 0 Å². The minimum Gasteiger partial charge on any atom is -0.486 e. The molecular weight excluding hydrogens is 332 g/mol. The summed E-state index contributed by atoms with van der Waals surface area (Å²) >= 11 is 0. The molecule has 0 bridgehead atoms. The molecule has 3 nitrogen and oxygen atoms in total. The minimum absolute atomic E-state index is 0.370. The number of nitrogens with zero attached hydrogens (tertiary/aromatic N) is 1. The SMILES string of the molecule is CC1(c2ccccc2)N=C(COc2ccccc2)NC1(C)c1ccccc1. The number of para-hydroxylation sites is 1. The lowest BCUT2D eigenvalue weighted by Crippen LogP contribution is -2.50. The average Bonchev–Trinajstić information content (AvgIpc) is 3.01. The van der Waals surface area contributed by atoms with Crippen LogP contribution in [0.5, 0.6) is 5.75 Å². The molecule has 4 rings (SSSR count). The molecule has 1 aliphatic heterocycles. The van der Waals surface area contributed by atoms with Gasteiger partial charge in [-0.25, -0.2) is 0 Å². The summed E-state index contributed by atoms with van der Waals surface area (Å²) in [4.78, 5) is 5.12. The summed E-state index contributed by atoms with van der Waals surface area (Å²) in [6, 6.07) is 30.8. The van der Waals surface area contributed by atoms with Crippen LogP contribution in [-0.2, 0) is 11.1 Å². The highest BCUT2D eigenvalue weighted by Gasteiger charge is 2.52. The van der Waals surface area contributed by atoms with E-state index in [1.54, 1.807) is 0 Å². The van der Waals surface area contributed by atoms with E-state index in [-0.39, 0.29) is 5.54 Å². The molecule has 0 spiro atoms. The van der Waals surface area contributed by atoms with E-state index < -0.39 is 5.54 Å². The molecule has 136 valence electrons. The van der Waals surface area contributed by atoms with Gasteiger partial charge in [-0.05, 0) is 37.1 Å². The molecule has 1 N–H and O–H groups in total. The lowest BCUT2D eigenvalue weighted by atomic mass is 9.72. The van der Waals surface area contributed by atoms with E-state index in [9.17, 15) is 0 Å². The first-order chi connectivity index (χ1) is 13.1. The van der Waals surface area contributed by atoms with Crippen LogP contribution < -0.4 is 10.1 Å². The van der Waals surface area contributed by atoms with Crippen molar-refractivity contribution in [3.63, 3.8) is 0 Å². The second-order valence-electron chi connectivity index (χ2n) is 7.21. The van der Waals surface area contributed by atoms with E-state index in [0.717, 1.165) is 11.6 Å². The Morgan fingerprint density at radius 3 is 1.85 bits per heavy atom. The van der Waals surface area contributed by atoms with Gasteiger partial charge in [0.1, 0.15) is 23.7 Å². The number of rotatable bonds is 5. The van der Waals surface area contributed by atoms with Crippen molar-refractivity contribution in [1.29, 1.82) is 0 Å². The smallest absolute Gasteiger partial charge is 0.145 e. The second-order valence-corrected chi connectivity index (χ2v) is 7.21. The number of ether oxygens (including phenoxy) is 1. The summed E-state index contributed by atoms with van der Waals surface area (Å²) in [6.45, 7) is 4.82. The Labute approximate surface area is 160 Å². The fourth-order valence-corrected chi connectivity index (χ4v) is 3.80. The van der Waals surface area contributed by atoms with Gasteiger partial charge < -0.3 is 10.1 Å². The molecule has 0 aliphatic carbocycles. The number of hydrogen-bond acceptors (Lipinski definition) is 3. The summed E-state index contributed by atoms with van der Waals surface area (Å²) in [5, 5.41) is 3.67. The lowest BCUT2D eigenvalue weighted by Gasteiger charge is -2.40. The maximum Gasteiger partial charge on any atom is 0.145 e. The Morgan fingerprint density at radius 1 is 0.741 bits per heavy atom. The van der Waals surface area contributed by atoms with Crippen LogP contribution in [0.3, 0.4) is 0 Å². The Balaban J connectivity index is 1.70. The maximum absolute atomic E-state index is 5.96.